The summed E-state index contributed by atoms with van der Waals surface area (Å²) in [5.41, 5.74) is 1.13. The highest BCUT2D eigenvalue weighted by Gasteiger charge is 2.25. The van der Waals surface area contributed by atoms with Crippen LogP contribution in [-0.2, 0) is 11.3 Å². The van der Waals surface area contributed by atoms with Gasteiger partial charge in [0.05, 0.1) is 12.3 Å². The molecular weight excluding hydrogens is 246 g/mol. The first-order chi connectivity index (χ1) is 8.70. The first kappa shape index (κ1) is 13.9. The zero-order valence-electron chi connectivity index (χ0n) is 11.5. The van der Waals surface area contributed by atoms with Crippen LogP contribution in [0.15, 0.2) is 5.38 Å². The Labute approximate surface area is 113 Å². The van der Waals surface area contributed by atoms with Gasteiger partial charge in [0.2, 0.25) is 0 Å². The molecule has 1 aromatic heterocycles. The van der Waals surface area contributed by atoms with E-state index in [2.05, 4.69) is 41.4 Å². The summed E-state index contributed by atoms with van der Waals surface area (Å²) in [6, 6.07) is 0.581. The molecule has 1 saturated heterocycles. The molecule has 1 fully saturated rings. The third kappa shape index (κ3) is 3.51. The van der Waals surface area contributed by atoms with Gasteiger partial charge in [0, 0.05) is 31.1 Å². The molecule has 1 aliphatic heterocycles. The topological polar surface area (TPSA) is 37.4 Å². The van der Waals surface area contributed by atoms with Crippen molar-refractivity contribution in [3.05, 3.63) is 16.1 Å². The van der Waals surface area contributed by atoms with Crippen molar-refractivity contribution < 1.29 is 4.74 Å². The largest absolute Gasteiger partial charge is 0.368 e. The molecule has 0 spiro atoms. The SMILES string of the molecule is CCNCc1csc(C2CN(C(C)C)CCO2)n1. The lowest BCUT2D eigenvalue weighted by Gasteiger charge is -2.34. The van der Waals surface area contributed by atoms with Gasteiger partial charge < -0.3 is 10.1 Å². The van der Waals surface area contributed by atoms with Crippen LogP contribution in [0.3, 0.4) is 0 Å². The quantitative estimate of drug-likeness (QED) is 0.887. The molecule has 0 amide bonds. The number of nitrogens with one attached hydrogen (secondary N) is 1. The Kier molecular flexibility index (Phi) is 5.12. The Morgan fingerprint density at radius 3 is 3.17 bits per heavy atom. The summed E-state index contributed by atoms with van der Waals surface area (Å²) in [5.74, 6) is 0. The number of hydrogen-bond donors (Lipinski definition) is 1. The lowest BCUT2D eigenvalue weighted by Crippen LogP contribution is -2.42. The minimum atomic E-state index is 0.154. The van der Waals surface area contributed by atoms with Crippen molar-refractivity contribution in [1.29, 1.82) is 0 Å². The minimum absolute atomic E-state index is 0.154. The number of morpholine rings is 1. The predicted octanol–water partition coefficient (Wildman–Crippen LogP) is 2.03. The van der Waals surface area contributed by atoms with E-state index >= 15 is 0 Å². The molecule has 0 aliphatic carbocycles. The highest BCUT2D eigenvalue weighted by Crippen LogP contribution is 2.26. The van der Waals surface area contributed by atoms with Crippen LogP contribution in [0.5, 0.6) is 0 Å². The van der Waals surface area contributed by atoms with E-state index in [-0.39, 0.29) is 6.10 Å². The Bertz CT molecular complexity index is 367. The second-order valence-corrected chi connectivity index (χ2v) is 5.80. The Morgan fingerprint density at radius 2 is 2.44 bits per heavy atom. The molecule has 4 nitrogen and oxygen atoms in total. The summed E-state index contributed by atoms with van der Waals surface area (Å²) < 4.78 is 5.85. The monoisotopic (exact) mass is 269 g/mol. The second kappa shape index (κ2) is 6.61. The first-order valence-electron chi connectivity index (χ1n) is 6.71. The van der Waals surface area contributed by atoms with Crippen molar-refractivity contribution in [2.75, 3.05) is 26.2 Å². The van der Waals surface area contributed by atoms with E-state index in [0.29, 0.717) is 6.04 Å². The fourth-order valence-corrected chi connectivity index (χ4v) is 2.95. The van der Waals surface area contributed by atoms with Crippen molar-refractivity contribution in [3.8, 4) is 0 Å². The maximum absolute atomic E-state index is 5.85. The van der Waals surface area contributed by atoms with Crippen LogP contribution >= 0.6 is 11.3 Å². The summed E-state index contributed by atoms with van der Waals surface area (Å²) in [6.45, 7) is 11.2. The molecule has 1 atom stereocenters. The van der Waals surface area contributed by atoms with Gasteiger partial charge in [-0.15, -0.1) is 11.3 Å². The molecule has 0 bridgehead atoms. The van der Waals surface area contributed by atoms with Crippen LogP contribution in [0.1, 0.15) is 37.6 Å². The van der Waals surface area contributed by atoms with Crippen molar-refractivity contribution in [2.24, 2.45) is 0 Å². The van der Waals surface area contributed by atoms with Gasteiger partial charge >= 0.3 is 0 Å². The molecule has 2 rings (SSSR count). The van der Waals surface area contributed by atoms with E-state index in [1.54, 1.807) is 11.3 Å². The predicted molar refractivity (Wildman–Crippen MR) is 74.9 cm³/mol. The average Bonchev–Trinajstić information content (AvgIpc) is 2.85. The number of aromatic nitrogens is 1. The number of rotatable bonds is 5. The van der Waals surface area contributed by atoms with Crippen molar-refractivity contribution in [3.63, 3.8) is 0 Å². The van der Waals surface area contributed by atoms with Crippen LogP contribution < -0.4 is 5.32 Å². The van der Waals surface area contributed by atoms with Crippen LogP contribution in [-0.4, -0.2) is 42.2 Å². The van der Waals surface area contributed by atoms with Crippen molar-refractivity contribution in [1.82, 2.24) is 15.2 Å². The maximum Gasteiger partial charge on any atom is 0.123 e. The van der Waals surface area contributed by atoms with Gasteiger partial charge in [-0.05, 0) is 20.4 Å². The molecule has 1 N–H and O–H groups in total. The summed E-state index contributed by atoms with van der Waals surface area (Å²) >= 11 is 1.72. The minimum Gasteiger partial charge on any atom is -0.368 e. The first-order valence-corrected chi connectivity index (χ1v) is 7.59. The maximum atomic E-state index is 5.85. The van der Waals surface area contributed by atoms with Gasteiger partial charge in [0.15, 0.2) is 0 Å². The second-order valence-electron chi connectivity index (χ2n) is 4.91. The number of nitrogens with zero attached hydrogens (tertiary/aromatic N) is 2. The third-order valence-corrected chi connectivity index (χ3v) is 4.21. The Hall–Kier alpha value is -0.490. The summed E-state index contributed by atoms with van der Waals surface area (Å²) in [5, 5.41) is 6.55. The van der Waals surface area contributed by atoms with Crippen LogP contribution in [0.4, 0.5) is 0 Å². The Balaban J connectivity index is 1.95. The molecule has 0 radical (unpaired) electrons. The van der Waals surface area contributed by atoms with E-state index in [0.717, 1.165) is 43.5 Å². The van der Waals surface area contributed by atoms with Crippen molar-refractivity contribution >= 4 is 11.3 Å². The van der Waals surface area contributed by atoms with Crippen LogP contribution in [0.2, 0.25) is 0 Å². The van der Waals surface area contributed by atoms with Crippen molar-refractivity contribution in [2.45, 2.75) is 39.5 Å². The number of ether oxygens (including phenoxy) is 1. The molecule has 18 heavy (non-hydrogen) atoms. The van der Waals surface area contributed by atoms with Gasteiger partial charge in [-0.2, -0.15) is 0 Å². The normalized spacial score (nSPS) is 21.7. The fourth-order valence-electron chi connectivity index (χ4n) is 2.09. The van der Waals surface area contributed by atoms with Crippen LogP contribution in [0.25, 0.3) is 0 Å². The van der Waals surface area contributed by atoms with Crippen LogP contribution in [0, 0.1) is 0 Å². The van der Waals surface area contributed by atoms with E-state index in [1.807, 2.05) is 0 Å². The molecule has 0 aromatic carbocycles. The molecule has 102 valence electrons. The summed E-state index contributed by atoms with van der Waals surface area (Å²) in [6.07, 6.45) is 0.154. The highest BCUT2D eigenvalue weighted by atomic mass is 32.1. The standard InChI is InChI=1S/C13H23N3OS/c1-4-14-7-11-9-18-13(15-11)12-8-16(10(2)3)5-6-17-12/h9-10,12,14H,4-8H2,1-3H3. The lowest BCUT2D eigenvalue weighted by molar-refractivity contribution is -0.0403. The molecule has 5 heteroatoms. The highest BCUT2D eigenvalue weighted by molar-refractivity contribution is 7.09. The van der Waals surface area contributed by atoms with Gasteiger partial charge in [-0.3, -0.25) is 4.90 Å². The summed E-state index contributed by atoms with van der Waals surface area (Å²) in [4.78, 5) is 7.13. The molecule has 1 aromatic rings. The zero-order valence-corrected chi connectivity index (χ0v) is 12.3. The molecular formula is C13H23N3OS. The lowest BCUT2D eigenvalue weighted by atomic mass is 10.2. The van der Waals surface area contributed by atoms with Gasteiger partial charge in [0.1, 0.15) is 11.1 Å². The number of hydrogen-bond acceptors (Lipinski definition) is 5. The zero-order chi connectivity index (χ0) is 13.0. The third-order valence-electron chi connectivity index (χ3n) is 3.23. The van der Waals surface area contributed by atoms with E-state index < -0.39 is 0 Å². The Morgan fingerprint density at radius 1 is 1.61 bits per heavy atom. The van der Waals surface area contributed by atoms with E-state index in [9.17, 15) is 0 Å². The fraction of sp³-hybridized carbons (Fsp3) is 0.769. The van der Waals surface area contributed by atoms with E-state index in [1.165, 1.54) is 0 Å². The van der Waals surface area contributed by atoms with Gasteiger partial charge in [-0.1, -0.05) is 6.92 Å². The molecule has 1 unspecified atom stereocenters. The molecule has 0 saturated carbocycles. The molecule has 2 heterocycles. The molecule has 1 aliphatic rings. The number of thiazole rings is 1. The van der Waals surface area contributed by atoms with E-state index in [4.69, 9.17) is 4.74 Å². The summed E-state index contributed by atoms with van der Waals surface area (Å²) in [7, 11) is 0. The van der Waals surface area contributed by atoms with Gasteiger partial charge in [-0.25, -0.2) is 4.98 Å². The van der Waals surface area contributed by atoms with Gasteiger partial charge in [0.25, 0.3) is 0 Å². The average molecular weight is 269 g/mol. The smallest absolute Gasteiger partial charge is 0.123 e.